The highest BCUT2D eigenvalue weighted by Crippen LogP contribution is 2.30. The fraction of sp³-hybridized carbons (Fsp3) is 0.647. The zero-order valence-electron chi connectivity index (χ0n) is 15.0. The molecule has 0 aliphatic carbocycles. The molecule has 1 aromatic rings. The molecule has 0 fully saturated rings. The molecule has 2 rings (SSSR count). The number of pyridine rings is 1. The van der Waals surface area contributed by atoms with Gasteiger partial charge in [-0.3, -0.25) is 9.78 Å². The van der Waals surface area contributed by atoms with E-state index in [1.807, 2.05) is 0 Å². The van der Waals surface area contributed by atoms with Crippen molar-refractivity contribution in [2.24, 2.45) is 5.73 Å². The van der Waals surface area contributed by atoms with Gasteiger partial charge in [-0.1, -0.05) is 13.8 Å². The van der Waals surface area contributed by atoms with Crippen LogP contribution in [0.5, 0.6) is 0 Å². The average Bonchev–Trinajstić information content (AvgIpc) is 2.60. The van der Waals surface area contributed by atoms with E-state index in [2.05, 4.69) is 18.8 Å². The second-order valence-corrected chi connectivity index (χ2v) is 5.55. The summed E-state index contributed by atoms with van der Waals surface area (Å²) in [5.74, 6) is 0. The smallest absolute Gasteiger partial charge is 0.397 e. The summed E-state index contributed by atoms with van der Waals surface area (Å²) in [5, 5.41) is 7.57. The summed E-state index contributed by atoms with van der Waals surface area (Å²) < 4.78 is 37.2. The summed E-state index contributed by atoms with van der Waals surface area (Å²) in [7, 11) is 0. The first-order chi connectivity index (χ1) is 11.7. The molecule has 0 spiro atoms. The summed E-state index contributed by atoms with van der Waals surface area (Å²) in [5.41, 5.74) is 5.83. The van der Waals surface area contributed by atoms with Gasteiger partial charge in [0.2, 0.25) is 6.41 Å². The van der Waals surface area contributed by atoms with Crippen LogP contribution >= 0.6 is 0 Å². The van der Waals surface area contributed by atoms with Gasteiger partial charge < -0.3 is 15.7 Å². The lowest BCUT2D eigenvalue weighted by Gasteiger charge is -2.25. The molecule has 0 saturated heterocycles. The number of nitrogens with zero attached hydrogens (tertiary/aromatic N) is 2. The molecule has 0 bridgehead atoms. The van der Waals surface area contributed by atoms with Crippen molar-refractivity contribution in [3.05, 3.63) is 29.1 Å². The number of nitrogens with two attached hydrogens (primary N) is 1. The zero-order chi connectivity index (χ0) is 19.5. The van der Waals surface area contributed by atoms with Crippen molar-refractivity contribution in [2.75, 3.05) is 13.2 Å². The van der Waals surface area contributed by atoms with Crippen molar-refractivity contribution in [1.82, 2.24) is 9.88 Å². The molecule has 25 heavy (non-hydrogen) atoms. The Kier molecular flexibility index (Phi) is 11.0. The van der Waals surface area contributed by atoms with E-state index in [0.717, 1.165) is 25.1 Å². The van der Waals surface area contributed by atoms with E-state index in [9.17, 15) is 18.0 Å². The fourth-order valence-electron chi connectivity index (χ4n) is 1.98. The SMILES string of the molecule is CCC(N)CC.CCO.O=CN1CCc2ncc(C(F)(F)F)cc2C1. The molecule has 144 valence electrons. The molecule has 3 N–H and O–H groups in total. The highest BCUT2D eigenvalue weighted by Gasteiger charge is 2.32. The number of aromatic nitrogens is 1. The second kappa shape index (κ2) is 11.8. The number of hydrogen-bond donors (Lipinski definition) is 2. The van der Waals surface area contributed by atoms with Crippen LogP contribution in [0.3, 0.4) is 0 Å². The molecule has 1 aliphatic rings. The van der Waals surface area contributed by atoms with E-state index in [-0.39, 0.29) is 13.2 Å². The summed E-state index contributed by atoms with van der Waals surface area (Å²) in [4.78, 5) is 15.8. The minimum Gasteiger partial charge on any atom is -0.397 e. The minimum absolute atomic E-state index is 0.204. The lowest BCUT2D eigenvalue weighted by Crippen LogP contribution is -2.30. The molecule has 1 aromatic heterocycles. The first-order valence-electron chi connectivity index (χ1n) is 8.34. The summed E-state index contributed by atoms with van der Waals surface area (Å²) >= 11 is 0. The Labute approximate surface area is 147 Å². The third-order valence-corrected chi connectivity index (χ3v) is 3.59. The van der Waals surface area contributed by atoms with Crippen LogP contribution in [0, 0.1) is 0 Å². The van der Waals surface area contributed by atoms with Gasteiger partial charge in [-0.15, -0.1) is 0 Å². The highest BCUT2D eigenvalue weighted by molar-refractivity contribution is 5.48. The number of carbonyl (C=O) groups is 1. The van der Waals surface area contributed by atoms with Crippen LogP contribution in [0.25, 0.3) is 0 Å². The van der Waals surface area contributed by atoms with E-state index >= 15 is 0 Å². The normalized spacial score (nSPS) is 13.2. The molecule has 0 saturated carbocycles. The Morgan fingerprint density at radius 1 is 1.36 bits per heavy atom. The highest BCUT2D eigenvalue weighted by atomic mass is 19.4. The van der Waals surface area contributed by atoms with Crippen molar-refractivity contribution >= 4 is 6.41 Å². The quantitative estimate of drug-likeness (QED) is 0.810. The summed E-state index contributed by atoms with van der Waals surface area (Å²) in [6, 6.07) is 1.50. The Morgan fingerprint density at radius 3 is 2.32 bits per heavy atom. The van der Waals surface area contributed by atoms with Crippen LogP contribution in [-0.4, -0.2) is 40.6 Å². The molecule has 0 radical (unpaired) electrons. The Bertz CT molecular complexity index is 506. The van der Waals surface area contributed by atoms with Crippen LogP contribution in [0.2, 0.25) is 0 Å². The van der Waals surface area contributed by atoms with E-state index in [1.54, 1.807) is 6.92 Å². The van der Waals surface area contributed by atoms with Crippen molar-refractivity contribution in [3.8, 4) is 0 Å². The fourth-order valence-corrected chi connectivity index (χ4v) is 1.98. The van der Waals surface area contributed by atoms with Crippen LogP contribution in [0.1, 0.15) is 50.4 Å². The van der Waals surface area contributed by atoms with Crippen LogP contribution in [0.4, 0.5) is 13.2 Å². The van der Waals surface area contributed by atoms with Gasteiger partial charge in [-0.2, -0.15) is 13.2 Å². The predicted molar refractivity (Wildman–Crippen MR) is 90.7 cm³/mol. The molecule has 0 unspecified atom stereocenters. The van der Waals surface area contributed by atoms with Gasteiger partial charge in [0.1, 0.15) is 0 Å². The summed E-state index contributed by atoms with van der Waals surface area (Å²) in [6.45, 7) is 6.85. The molecular formula is C17H28F3N3O2. The molecule has 8 heteroatoms. The third-order valence-electron chi connectivity index (χ3n) is 3.59. The number of aliphatic hydroxyl groups is 1. The number of hydrogen-bond acceptors (Lipinski definition) is 4. The molecule has 1 aliphatic heterocycles. The number of fused-ring (bicyclic) bond motifs is 1. The number of aliphatic hydroxyl groups excluding tert-OH is 1. The minimum atomic E-state index is -4.38. The largest absolute Gasteiger partial charge is 0.417 e. The lowest BCUT2D eigenvalue weighted by atomic mass is 10.0. The van der Waals surface area contributed by atoms with Crippen LogP contribution in [-0.2, 0) is 23.9 Å². The van der Waals surface area contributed by atoms with Crippen LogP contribution in [0.15, 0.2) is 12.3 Å². The van der Waals surface area contributed by atoms with Gasteiger partial charge in [0.05, 0.1) is 5.56 Å². The van der Waals surface area contributed by atoms with E-state index in [1.165, 1.54) is 4.90 Å². The second-order valence-electron chi connectivity index (χ2n) is 5.55. The van der Waals surface area contributed by atoms with Gasteiger partial charge in [0, 0.05) is 44.0 Å². The maximum absolute atomic E-state index is 12.4. The average molecular weight is 363 g/mol. The first kappa shape index (κ1) is 23.3. The van der Waals surface area contributed by atoms with Crippen LogP contribution < -0.4 is 5.73 Å². The number of alkyl halides is 3. The van der Waals surface area contributed by atoms with Gasteiger partial charge in [-0.05, 0) is 31.4 Å². The molecule has 5 nitrogen and oxygen atoms in total. The maximum atomic E-state index is 12.4. The number of amides is 1. The van der Waals surface area contributed by atoms with Gasteiger partial charge in [0.25, 0.3) is 0 Å². The molecular weight excluding hydrogens is 335 g/mol. The van der Waals surface area contributed by atoms with E-state index < -0.39 is 11.7 Å². The van der Waals surface area contributed by atoms with E-state index in [0.29, 0.717) is 36.7 Å². The number of halogens is 3. The summed E-state index contributed by atoms with van der Waals surface area (Å²) in [6.07, 6.45) is -0.177. The Hall–Kier alpha value is -1.67. The van der Waals surface area contributed by atoms with Crippen molar-refractivity contribution in [1.29, 1.82) is 0 Å². The number of carbonyl (C=O) groups excluding carboxylic acids is 1. The Morgan fingerprint density at radius 2 is 1.92 bits per heavy atom. The van der Waals surface area contributed by atoms with Gasteiger partial charge in [-0.25, -0.2) is 0 Å². The topological polar surface area (TPSA) is 79.5 Å². The van der Waals surface area contributed by atoms with Crippen molar-refractivity contribution in [2.45, 2.75) is 58.8 Å². The van der Waals surface area contributed by atoms with Gasteiger partial charge in [0.15, 0.2) is 0 Å². The zero-order valence-corrected chi connectivity index (χ0v) is 15.0. The lowest BCUT2D eigenvalue weighted by molar-refractivity contribution is -0.137. The monoisotopic (exact) mass is 363 g/mol. The number of rotatable bonds is 3. The van der Waals surface area contributed by atoms with Crippen molar-refractivity contribution in [3.63, 3.8) is 0 Å². The van der Waals surface area contributed by atoms with Crippen molar-refractivity contribution < 1.29 is 23.1 Å². The standard InChI is InChI=1S/C10H9F3N2O.C5H13N.C2H6O/c11-10(12,13)8-3-7-5-15(6-16)2-1-9(7)14-4-8;1-3-5(6)4-2;1-2-3/h3-4,6H,1-2,5H2;5H,3-4,6H2,1-2H3;3H,2H2,1H3. The molecule has 1 amide bonds. The molecule has 2 heterocycles. The maximum Gasteiger partial charge on any atom is 0.417 e. The molecule has 0 aromatic carbocycles. The molecule has 0 atom stereocenters. The van der Waals surface area contributed by atoms with E-state index in [4.69, 9.17) is 10.8 Å². The predicted octanol–water partition coefficient (Wildman–Crippen LogP) is 2.75. The first-order valence-corrected chi connectivity index (χ1v) is 8.34. The third kappa shape index (κ3) is 8.83. The van der Waals surface area contributed by atoms with Gasteiger partial charge >= 0.3 is 6.18 Å². The Balaban J connectivity index is 0.000000538.